The summed E-state index contributed by atoms with van der Waals surface area (Å²) < 4.78 is 7.81. The molecule has 1 aromatic carbocycles. The van der Waals surface area contributed by atoms with E-state index < -0.39 is 11.0 Å². The number of piperidine rings is 1. The third-order valence-electron chi connectivity index (χ3n) is 5.96. The van der Waals surface area contributed by atoms with E-state index in [1.807, 2.05) is 43.9 Å². The van der Waals surface area contributed by atoms with Crippen molar-refractivity contribution in [2.45, 2.75) is 51.7 Å². The van der Waals surface area contributed by atoms with E-state index in [4.69, 9.17) is 4.74 Å². The van der Waals surface area contributed by atoms with Crippen LogP contribution < -0.4 is 10.6 Å². The number of nitrogens with one attached hydrogen (secondary N) is 2. The molecule has 171 valence electrons. The van der Waals surface area contributed by atoms with Crippen LogP contribution in [0.25, 0.3) is 0 Å². The van der Waals surface area contributed by atoms with Crippen molar-refractivity contribution in [3.63, 3.8) is 0 Å². The second-order valence-electron chi connectivity index (χ2n) is 9.32. The molecule has 0 bridgehead atoms. The zero-order valence-corrected chi connectivity index (χ0v) is 21.6. The van der Waals surface area contributed by atoms with Crippen molar-refractivity contribution in [2.24, 2.45) is 5.41 Å². The quantitative estimate of drug-likeness (QED) is 0.542. The molecule has 2 N–H and O–H groups in total. The number of carbonyl (C=O) groups is 2. The number of carbonyl (C=O) groups excluding carboxylic acids is 2. The van der Waals surface area contributed by atoms with Crippen LogP contribution in [-0.4, -0.2) is 61.1 Å². The van der Waals surface area contributed by atoms with E-state index in [9.17, 15) is 9.59 Å². The van der Waals surface area contributed by atoms with Gasteiger partial charge in [-0.05, 0) is 103 Å². The minimum Gasteiger partial charge on any atom is -0.459 e. The summed E-state index contributed by atoms with van der Waals surface area (Å²) in [6, 6.07) is 5.76. The number of ether oxygens (including phenoxy) is 1. The number of rotatable bonds is 5. The standard InChI is InChI=1S/C23H32Br2N3O3/c1-22(2,3)31-21(30)23(8-10-26-11-9-23)19-15-27-12-13-28(19)20(29)7-5-16-4-6-17(24)18(25)14-16/h4,6-7,14,19,26-27H,5,8-13,15H2,1-3H3/t19-/m0/s1. The van der Waals surface area contributed by atoms with Gasteiger partial charge < -0.3 is 20.3 Å². The first kappa shape index (κ1) is 24.7. The summed E-state index contributed by atoms with van der Waals surface area (Å²) in [5.41, 5.74) is -0.206. The number of hydrogen-bond donors (Lipinski definition) is 2. The van der Waals surface area contributed by atoms with Crippen LogP contribution >= 0.6 is 31.9 Å². The average molecular weight is 558 g/mol. The SMILES string of the molecule is CC(C)(C)OC(=O)C1([C@@H]2CNCCN2C(=O)[CH]Cc2ccc(Br)c(Br)c2)CCNCC1. The van der Waals surface area contributed by atoms with Crippen LogP contribution in [0.5, 0.6) is 0 Å². The van der Waals surface area contributed by atoms with E-state index in [0.717, 1.165) is 34.1 Å². The summed E-state index contributed by atoms with van der Waals surface area (Å²) in [5.74, 6) is -0.211. The number of amides is 1. The predicted octanol–water partition coefficient (Wildman–Crippen LogP) is 3.47. The number of halogens is 2. The van der Waals surface area contributed by atoms with Crippen LogP contribution in [0.2, 0.25) is 0 Å². The van der Waals surface area contributed by atoms with Crippen LogP contribution in [0.1, 0.15) is 39.2 Å². The summed E-state index contributed by atoms with van der Waals surface area (Å²) >= 11 is 6.99. The normalized spacial score (nSPS) is 21.6. The van der Waals surface area contributed by atoms with Crippen LogP contribution in [0.4, 0.5) is 0 Å². The average Bonchev–Trinajstić information content (AvgIpc) is 2.73. The maximum atomic E-state index is 13.4. The van der Waals surface area contributed by atoms with Gasteiger partial charge in [-0.1, -0.05) is 6.07 Å². The Bertz CT molecular complexity index is 804. The van der Waals surface area contributed by atoms with Crippen molar-refractivity contribution in [2.75, 3.05) is 32.7 Å². The van der Waals surface area contributed by atoms with Crippen molar-refractivity contribution in [1.82, 2.24) is 15.5 Å². The van der Waals surface area contributed by atoms with Gasteiger partial charge in [0.15, 0.2) is 0 Å². The highest BCUT2D eigenvalue weighted by Crippen LogP contribution is 2.39. The summed E-state index contributed by atoms with van der Waals surface area (Å²) in [4.78, 5) is 28.6. The Labute approximate surface area is 202 Å². The molecular weight excluding hydrogens is 526 g/mol. The first-order chi connectivity index (χ1) is 14.6. The van der Waals surface area contributed by atoms with Crippen LogP contribution in [0.3, 0.4) is 0 Å². The number of nitrogens with zero attached hydrogens (tertiary/aromatic N) is 1. The number of esters is 1. The van der Waals surface area contributed by atoms with Gasteiger partial charge in [0, 0.05) is 28.6 Å². The minimum atomic E-state index is -0.698. The van der Waals surface area contributed by atoms with Gasteiger partial charge in [0.2, 0.25) is 5.91 Å². The highest BCUT2D eigenvalue weighted by molar-refractivity contribution is 9.13. The van der Waals surface area contributed by atoms with Crippen molar-refractivity contribution < 1.29 is 14.3 Å². The van der Waals surface area contributed by atoms with Crippen molar-refractivity contribution in [1.29, 1.82) is 0 Å². The summed E-state index contributed by atoms with van der Waals surface area (Å²) in [5, 5.41) is 6.75. The molecule has 2 aliphatic rings. The van der Waals surface area contributed by atoms with Crippen LogP contribution in [0, 0.1) is 11.8 Å². The van der Waals surface area contributed by atoms with Gasteiger partial charge >= 0.3 is 5.97 Å². The van der Waals surface area contributed by atoms with Crippen LogP contribution in [-0.2, 0) is 20.7 Å². The highest BCUT2D eigenvalue weighted by Gasteiger charge is 2.52. The molecule has 2 aliphatic heterocycles. The fourth-order valence-electron chi connectivity index (χ4n) is 4.38. The number of piperazine rings is 1. The molecule has 0 aromatic heterocycles. The molecule has 1 radical (unpaired) electrons. The van der Waals surface area contributed by atoms with E-state index in [1.165, 1.54) is 0 Å². The lowest BCUT2D eigenvalue weighted by Crippen LogP contribution is -2.65. The monoisotopic (exact) mass is 556 g/mol. The van der Waals surface area contributed by atoms with E-state index in [1.54, 1.807) is 6.42 Å². The zero-order chi connectivity index (χ0) is 22.6. The van der Waals surface area contributed by atoms with E-state index in [-0.39, 0.29) is 17.9 Å². The Morgan fingerprint density at radius 2 is 1.87 bits per heavy atom. The maximum absolute atomic E-state index is 13.4. The van der Waals surface area contributed by atoms with Gasteiger partial charge in [0.05, 0.1) is 17.9 Å². The highest BCUT2D eigenvalue weighted by atomic mass is 79.9. The van der Waals surface area contributed by atoms with Crippen molar-refractivity contribution >= 4 is 43.7 Å². The fraction of sp³-hybridized carbons (Fsp3) is 0.609. The lowest BCUT2D eigenvalue weighted by Gasteiger charge is -2.49. The molecule has 0 aliphatic carbocycles. The largest absolute Gasteiger partial charge is 0.459 e. The lowest BCUT2D eigenvalue weighted by atomic mass is 9.71. The second kappa shape index (κ2) is 10.3. The van der Waals surface area contributed by atoms with Gasteiger partial charge in [-0.25, -0.2) is 0 Å². The van der Waals surface area contributed by atoms with Crippen molar-refractivity contribution in [3.8, 4) is 0 Å². The maximum Gasteiger partial charge on any atom is 0.314 e. The molecule has 1 atom stereocenters. The van der Waals surface area contributed by atoms with Gasteiger partial charge in [-0.2, -0.15) is 0 Å². The van der Waals surface area contributed by atoms with Crippen molar-refractivity contribution in [3.05, 3.63) is 39.1 Å². The minimum absolute atomic E-state index is 0.0213. The molecule has 31 heavy (non-hydrogen) atoms. The fourth-order valence-corrected chi connectivity index (χ4v) is 5.05. The molecular formula is C23H32Br2N3O3. The molecule has 8 heteroatoms. The summed E-state index contributed by atoms with van der Waals surface area (Å²) in [7, 11) is 0. The number of hydrogen-bond acceptors (Lipinski definition) is 5. The van der Waals surface area contributed by atoms with Gasteiger partial charge in [-0.15, -0.1) is 0 Å². The van der Waals surface area contributed by atoms with E-state index in [0.29, 0.717) is 32.4 Å². The summed E-state index contributed by atoms with van der Waals surface area (Å²) in [6.07, 6.45) is 3.61. The molecule has 0 saturated carbocycles. The smallest absolute Gasteiger partial charge is 0.314 e. The lowest BCUT2D eigenvalue weighted by molar-refractivity contribution is -0.176. The molecule has 2 saturated heterocycles. The van der Waals surface area contributed by atoms with Crippen LogP contribution in [0.15, 0.2) is 27.1 Å². The molecule has 6 nitrogen and oxygen atoms in total. The Hall–Kier alpha value is -0.960. The first-order valence-corrected chi connectivity index (χ1v) is 12.4. The first-order valence-electron chi connectivity index (χ1n) is 10.8. The predicted molar refractivity (Wildman–Crippen MR) is 129 cm³/mol. The zero-order valence-electron chi connectivity index (χ0n) is 18.5. The Balaban J connectivity index is 1.78. The molecule has 0 spiro atoms. The molecule has 1 aromatic rings. The van der Waals surface area contributed by atoms with Gasteiger partial charge in [-0.3, -0.25) is 9.59 Å². The summed E-state index contributed by atoms with van der Waals surface area (Å²) in [6.45, 7) is 9.08. The van der Waals surface area contributed by atoms with E-state index >= 15 is 0 Å². The molecule has 0 unspecified atom stereocenters. The molecule has 1 amide bonds. The third kappa shape index (κ3) is 6.09. The van der Waals surface area contributed by atoms with Gasteiger partial charge in [0.1, 0.15) is 5.60 Å². The Kier molecular flexibility index (Phi) is 8.21. The Morgan fingerprint density at radius 1 is 1.16 bits per heavy atom. The Morgan fingerprint density at radius 3 is 2.52 bits per heavy atom. The molecule has 2 fully saturated rings. The number of benzene rings is 1. The second-order valence-corrected chi connectivity index (χ2v) is 11.0. The molecule has 2 heterocycles. The third-order valence-corrected chi connectivity index (χ3v) is 7.84. The topological polar surface area (TPSA) is 70.7 Å². The van der Waals surface area contributed by atoms with Gasteiger partial charge in [0.25, 0.3) is 0 Å². The molecule has 3 rings (SSSR count). The van der Waals surface area contributed by atoms with E-state index in [2.05, 4.69) is 42.5 Å².